The maximum atomic E-state index is 7.08. The Hall–Kier alpha value is -0.773. The van der Waals surface area contributed by atoms with Gasteiger partial charge in [-0.1, -0.05) is 44.5 Å². The van der Waals surface area contributed by atoms with Crippen molar-refractivity contribution in [2.75, 3.05) is 7.11 Å². The third kappa shape index (κ3) is 3.59. The van der Waals surface area contributed by atoms with E-state index in [0.717, 1.165) is 11.7 Å². The number of ether oxygens (including phenoxy) is 1. The first kappa shape index (κ1) is 22.4. The number of rotatable bonds is 4. The number of hydrogen-bond acceptors (Lipinski definition) is 2. The summed E-state index contributed by atoms with van der Waals surface area (Å²) in [6.45, 7) is 11.8. The predicted molar refractivity (Wildman–Crippen MR) is 129 cm³/mol. The third-order valence-electron chi connectivity index (χ3n) is 9.06. The summed E-state index contributed by atoms with van der Waals surface area (Å²) in [6, 6.07) is 6.76. The maximum Gasteiger partial charge on any atom is 0.192 e. The van der Waals surface area contributed by atoms with Crippen molar-refractivity contribution in [1.29, 1.82) is 0 Å². The van der Waals surface area contributed by atoms with Gasteiger partial charge in [0.25, 0.3) is 0 Å². The highest BCUT2D eigenvalue weighted by Gasteiger charge is 2.58. The van der Waals surface area contributed by atoms with Crippen LogP contribution in [0.15, 0.2) is 29.8 Å². The molecule has 4 heteroatoms. The number of benzene rings is 1. The molecule has 0 N–H and O–H groups in total. The zero-order valence-corrected chi connectivity index (χ0v) is 21.4. The van der Waals surface area contributed by atoms with Gasteiger partial charge in [-0.3, -0.25) is 0 Å². The fourth-order valence-corrected chi connectivity index (χ4v) is 8.13. The highest BCUT2D eigenvalue weighted by Crippen LogP contribution is 2.63. The quantitative estimate of drug-likeness (QED) is 0.441. The molecule has 0 aromatic heterocycles. The molecule has 0 radical (unpaired) electrons. The van der Waals surface area contributed by atoms with Gasteiger partial charge in [-0.25, -0.2) is 0 Å². The van der Waals surface area contributed by atoms with Crippen LogP contribution < -0.4 is 4.74 Å². The van der Waals surface area contributed by atoms with Crippen molar-refractivity contribution >= 4 is 19.9 Å². The molecule has 5 atom stereocenters. The van der Waals surface area contributed by atoms with Crippen molar-refractivity contribution < 1.29 is 9.16 Å². The van der Waals surface area contributed by atoms with Gasteiger partial charge in [-0.05, 0) is 97.7 Å². The van der Waals surface area contributed by atoms with E-state index in [9.17, 15) is 0 Å². The van der Waals surface area contributed by atoms with Crippen molar-refractivity contribution in [2.45, 2.75) is 89.5 Å². The first-order valence-corrected chi connectivity index (χ1v) is 15.1. The van der Waals surface area contributed by atoms with Crippen molar-refractivity contribution in [3.8, 4) is 5.75 Å². The molecule has 0 aliphatic heterocycles. The number of aryl methyl sites for hydroxylation is 1. The minimum atomic E-state index is -1.82. The highest BCUT2D eigenvalue weighted by molar-refractivity contribution is 6.74. The van der Waals surface area contributed by atoms with Crippen LogP contribution in [0.5, 0.6) is 5.75 Å². The Kier molecular flexibility index (Phi) is 5.96. The molecule has 1 aromatic rings. The van der Waals surface area contributed by atoms with Crippen molar-refractivity contribution in [2.24, 2.45) is 17.3 Å². The Labute approximate surface area is 189 Å². The molecule has 0 bridgehead atoms. The summed E-state index contributed by atoms with van der Waals surface area (Å²) in [5, 5.41) is 0.233. The number of methoxy groups -OCH3 is 1. The van der Waals surface area contributed by atoms with Crippen LogP contribution in [-0.2, 0) is 10.8 Å². The van der Waals surface area contributed by atoms with E-state index in [1.165, 1.54) is 44.1 Å². The monoisotopic (exact) mass is 446 g/mol. The van der Waals surface area contributed by atoms with Gasteiger partial charge < -0.3 is 9.16 Å². The number of halogens is 1. The fourth-order valence-electron chi connectivity index (χ4n) is 6.50. The van der Waals surface area contributed by atoms with Gasteiger partial charge in [0.1, 0.15) is 5.75 Å². The molecule has 2 fully saturated rings. The predicted octanol–water partition coefficient (Wildman–Crippen LogP) is 7.67. The summed E-state index contributed by atoms with van der Waals surface area (Å²) < 4.78 is 12.6. The Morgan fingerprint density at radius 2 is 1.90 bits per heavy atom. The third-order valence-corrected chi connectivity index (χ3v) is 13.7. The SMILES string of the molecule is COc1ccc2c(c1)CC[C@@H]1[C@@H]2CCC2(C=CCl)[C@@H](O[Si](C)(C)C(C)(C)C)CC[C@@H]12. The fraction of sp³-hybridized carbons (Fsp3) is 0.692. The maximum absolute atomic E-state index is 7.08. The van der Waals surface area contributed by atoms with E-state index < -0.39 is 8.32 Å². The van der Waals surface area contributed by atoms with Crippen LogP contribution in [0.25, 0.3) is 0 Å². The van der Waals surface area contributed by atoms with E-state index in [1.54, 1.807) is 18.2 Å². The Morgan fingerprint density at radius 3 is 2.57 bits per heavy atom. The topological polar surface area (TPSA) is 18.5 Å². The van der Waals surface area contributed by atoms with Crippen LogP contribution in [0.4, 0.5) is 0 Å². The van der Waals surface area contributed by atoms with Gasteiger partial charge in [0.15, 0.2) is 8.32 Å². The average Bonchev–Trinajstić information content (AvgIpc) is 3.04. The van der Waals surface area contributed by atoms with Crippen molar-refractivity contribution in [1.82, 2.24) is 0 Å². The van der Waals surface area contributed by atoms with Crippen LogP contribution in [0.1, 0.15) is 69.9 Å². The van der Waals surface area contributed by atoms with Crippen LogP contribution in [0.3, 0.4) is 0 Å². The second-order valence-electron chi connectivity index (χ2n) is 11.4. The molecule has 4 rings (SSSR count). The number of fused-ring (bicyclic) bond motifs is 5. The Bertz CT molecular complexity index is 812. The molecule has 0 heterocycles. The van der Waals surface area contributed by atoms with E-state index in [1.807, 2.05) is 0 Å². The minimum Gasteiger partial charge on any atom is -0.497 e. The van der Waals surface area contributed by atoms with Gasteiger partial charge >= 0.3 is 0 Å². The minimum absolute atomic E-state index is 0.114. The summed E-state index contributed by atoms with van der Waals surface area (Å²) >= 11 is 6.27. The molecule has 0 spiro atoms. The lowest BCUT2D eigenvalue weighted by atomic mass is 9.55. The molecule has 30 heavy (non-hydrogen) atoms. The van der Waals surface area contributed by atoms with E-state index >= 15 is 0 Å². The first-order valence-electron chi connectivity index (χ1n) is 11.8. The van der Waals surface area contributed by atoms with E-state index in [2.05, 4.69) is 58.1 Å². The highest BCUT2D eigenvalue weighted by atomic mass is 35.5. The largest absolute Gasteiger partial charge is 0.497 e. The normalized spacial score (nSPS) is 33.8. The molecule has 0 amide bonds. The van der Waals surface area contributed by atoms with Crippen LogP contribution >= 0.6 is 11.6 Å². The molecule has 1 aromatic carbocycles. The summed E-state index contributed by atoms with van der Waals surface area (Å²) in [5.74, 6) is 3.08. The molecule has 3 aliphatic rings. The van der Waals surface area contributed by atoms with E-state index in [4.69, 9.17) is 20.8 Å². The summed E-state index contributed by atoms with van der Waals surface area (Å²) in [6.07, 6.45) is 9.97. The summed E-state index contributed by atoms with van der Waals surface area (Å²) in [5.41, 5.74) is 4.98. The average molecular weight is 447 g/mol. The summed E-state index contributed by atoms with van der Waals surface area (Å²) in [4.78, 5) is 0. The summed E-state index contributed by atoms with van der Waals surface area (Å²) in [7, 11) is -0.0592. The molecule has 1 unspecified atom stereocenters. The van der Waals surface area contributed by atoms with Gasteiger partial charge in [-0.2, -0.15) is 0 Å². The molecule has 2 saturated carbocycles. The second-order valence-corrected chi connectivity index (χ2v) is 16.4. The molecule has 3 aliphatic carbocycles. The van der Waals surface area contributed by atoms with Crippen LogP contribution in [0, 0.1) is 17.3 Å². The van der Waals surface area contributed by atoms with Crippen LogP contribution in [0.2, 0.25) is 18.1 Å². The van der Waals surface area contributed by atoms with Gasteiger partial charge in [0.05, 0.1) is 13.2 Å². The Balaban J connectivity index is 1.64. The number of hydrogen-bond donors (Lipinski definition) is 0. The lowest BCUT2D eigenvalue weighted by Gasteiger charge is -2.52. The molecule has 2 nitrogen and oxygen atoms in total. The van der Waals surface area contributed by atoms with E-state index in [0.29, 0.717) is 17.9 Å². The molecule has 166 valence electrons. The van der Waals surface area contributed by atoms with Gasteiger partial charge in [0, 0.05) is 11.0 Å². The van der Waals surface area contributed by atoms with Gasteiger partial charge in [0.2, 0.25) is 0 Å². The van der Waals surface area contributed by atoms with Gasteiger partial charge in [-0.15, -0.1) is 0 Å². The Morgan fingerprint density at radius 1 is 1.13 bits per heavy atom. The molecular formula is C26H39ClO2Si. The van der Waals surface area contributed by atoms with Crippen molar-refractivity contribution in [3.63, 3.8) is 0 Å². The van der Waals surface area contributed by atoms with E-state index in [-0.39, 0.29) is 10.5 Å². The standard InChI is InChI=1S/C26H39ClO2Si/c1-25(2,3)30(5,6)29-24-12-11-23-22-9-7-18-17-19(28-4)8-10-20(18)21(22)13-14-26(23,24)15-16-27/h8,10,15-17,21-24H,7,9,11-14H2,1-6H3/t21-,22-,23+,24+,26?/m1/s1. The smallest absolute Gasteiger partial charge is 0.192 e. The van der Waals surface area contributed by atoms with Crippen molar-refractivity contribution in [3.05, 3.63) is 40.9 Å². The molecule has 0 saturated heterocycles. The first-order chi connectivity index (χ1) is 14.1. The second kappa shape index (κ2) is 7.97. The van der Waals surface area contributed by atoms with Crippen LogP contribution in [-0.4, -0.2) is 21.5 Å². The lowest BCUT2D eigenvalue weighted by Crippen LogP contribution is -2.51. The molecular weight excluding hydrogens is 408 g/mol. The lowest BCUT2D eigenvalue weighted by molar-refractivity contribution is 0.00597. The zero-order chi connectivity index (χ0) is 21.7. The zero-order valence-electron chi connectivity index (χ0n) is 19.6.